The number of ether oxygens (including phenoxy) is 3. The van der Waals surface area contributed by atoms with Crippen molar-refractivity contribution in [2.75, 3.05) is 27.0 Å². The molecule has 0 N–H and O–H groups in total. The molecule has 4 nitrogen and oxygen atoms in total. The normalized spacial score (nSPS) is 18.7. The van der Waals surface area contributed by atoms with Gasteiger partial charge in [-0.15, -0.1) is 0 Å². The molecule has 1 unspecified atom stereocenters. The number of likely N-dealkylation sites (N-methyl/N-ethyl adjacent to an activating group) is 1. The zero-order valence-electron chi connectivity index (χ0n) is 13.6. The summed E-state index contributed by atoms with van der Waals surface area (Å²) in [4.78, 5) is 2.25. The lowest BCUT2D eigenvalue weighted by atomic mass is 9.97. The van der Waals surface area contributed by atoms with Gasteiger partial charge >= 0.3 is 0 Å². The summed E-state index contributed by atoms with van der Waals surface area (Å²) < 4.78 is 16.8. The Kier molecular flexibility index (Phi) is 4.35. The van der Waals surface area contributed by atoms with Crippen LogP contribution in [0.3, 0.4) is 0 Å². The van der Waals surface area contributed by atoms with Crippen LogP contribution in [0.2, 0.25) is 5.02 Å². The van der Waals surface area contributed by atoms with E-state index in [4.69, 9.17) is 25.8 Å². The molecule has 2 aromatic rings. The molecule has 126 valence electrons. The minimum atomic E-state index is 0.115. The Hall–Kier alpha value is -1.75. The standard InChI is InChI=1S/C19H20ClNO3/c1-21(10-13-8-16(20)19-17(9-13)23-12-24-19)11-18-15-5-3-2-4-14(15)6-7-22-18/h2-5,8-9,18H,6-7,10-12H2,1H3. The van der Waals surface area contributed by atoms with Crippen molar-refractivity contribution in [3.05, 3.63) is 58.1 Å². The average Bonchev–Trinajstić information content (AvgIpc) is 3.04. The number of benzene rings is 2. The molecular weight excluding hydrogens is 326 g/mol. The third kappa shape index (κ3) is 3.09. The van der Waals surface area contributed by atoms with Crippen LogP contribution in [0.15, 0.2) is 36.4 Å². The lowest BCUT2D eigenvalue weighted by molar-refractivity contribution is 0.0197. The van der Waals surface area contributed by atoms with E-state index in [0.29, 0.717) is 10.8 Å². The molecule has 2 aromatic carbocycles. The zero-order chi connectivity index (χ0) is 16.5. The highest BCUT2D eigenvalue weighted by molar-refractivity contribution is 6.32. The van der Waals surface area contributed by atoms with Gasteiger partial charge in [0.25, 0.3) is 0 Å². The van der Waals surface area contributed by atoms with Crippen molar-refractivity contribution >= 4 is 11.6 Å². The Morgan fingerprint density at radius 2 is 2.08 bits per heavy atom. The molecule has 1 atom stereocenters. The van der Waals surface area contributed by atoms with Gasteiger partial charge in [0.05, 0.1) is 17.7 Å². The van der Waals surface area contributed by atoms with Gasteiger partial charge in [-0.3, -0.25) is 4.90 Å². The van der Waals surface area contributed by atoms with Crippen LogP contribution < -0.4 is 9.47 Å². The Labute approximate surface area is 146 Å². The average molecular weight is 346 g/mol. The molecule has 0 saturated carbocycles. The van der Waals surface area contributed by atoms with E-state index < -0.39 is 0 Å². The third-order valence-electron chi connectivity index (χ3n) is 4.51. The minimum absolute atomic E-state index is 0.115. The van der Waals surface area contributed by atoms with Gasteiger partial charge in [0.1, 0.15) is 0 Å². The highest BCUT2D eigenvalue weighted by atomic mass is 35.5. The first kappa shape index (κ1) is 15.8. The predicted octanol–water partition coefficient (Wildman–Crippen LogP) is 3.81. The second-order valence-corrected chi connectivity index (χ2v) is 6.72. The van der Waals surface area contributed by atoms with E-state index in [1.54, 1.807) is 0 Å². The van der Waals surface area contributed by atoms with Gasteiger partial charge in [-0.2, -0.15) is 0 Å². The third-order valence-corrected chi connectivity index (χ3v) is 4.79. The van der Waals surface area contributed by atoms with Crippen LogP contribution in [-0.4, -0.2) is 31.9 Å². The van der Waals surface area contributed by atoms with Crippen LogP contribution in [0, 0.1) is 0 Å². The van der Waals surface area contributed by atoms with Gasteiger partial charge in [-0.05, 0) is 42.3 Å². The molecule has 4 rings (SSSR count). The maximum atomic E-state index is 6.27. The summed E-state index contributed by atoms with van der Waals surface area (Å²) in [5.74, 6) is 1.37. The second kappa shape index (κ2) is 6.63. The Morgan fingerprint density at radius 1 is 1.21 bits per heavy atom. The summed E-state index contributed by atoms with van der Waals surface area (Å²) in [5.41, 5.74) is 3.81. The highest BCUT2D eigenvalue weighted by Gasteiger charge is 2.23. The Morgan fingerprint density at radius 3 is 3.00 bits per heavy atom. The quantitative estimate of drug-likeness (QED) is 0.843. The molecule has 0 aliphatic carbocycles. The first-order chi connectivity index (χ1) is 11.7. The number of hydrogen-bond donors (Lipinski definition) is 0. The van der Waals surface area contributed by atoms with Crippen LogP contribution in [-0.2, 0) is 17.7 Å². The predicted molar refractivity (Wildman–Crippen MR) is 92.7 cm³/mol. The van der Waals surface area contributed by atoms with Gasteiger partial charge in [0.15, 0.2) is 11.5 Å². The van der Waals surface area contributed by atoms with Crippen LogP contribution in [0.1, 0.15) is 22.8 Å². The fourth-order valence-corrected chi connectivity index (χ4v) is 3.69. The van der Waals surface area contributed by atoms with Crippen LogP contribution in [0.5, 0.6) is 11.5 Å². The fourth-order valence-electron chi connectivity index (χ4n) is 3.40. The van der Waals surface area contributed by atoms with E-state index >= 15 is 0 Å². The van der Waals surface area contributed by atoms with Crippen molar-refractivity contribution in [3.63, 3.8) is 0 Å². The van der Waals surface area contributed by atoms with E-state index in [0.717, 1.165) is 37.4 Å². The monoisotopic (exact) mass is 345 g/mol. The van der Waals surface area contributed by atoms with Gasteiger partial charge in [-0.25, -0.2) is 0 Å². The van der Waals surface area contributed by atoms with Crippen LogP contribution in [0.25, 0.3) is 0 Å². The second-order valence-electron chi connectivity index (χ2n) is 6.32. The van der Waals surface area contributed by atoms with Crippen molar-refractivity contribution in [1.29, 1.82) is 0 Å². The summed E-state index contributed by atoms with van der Waals surface area (Å²) in [6.45, 7) is 2.63. The van der Waals surface area contributed by atoms with Crippen molar-refractivity contribution in [1.82, 2.24) is 4.90 Å². The van der Waals surface area contributed by atoms with Crippen molar-refractivity contribution in [2.45, 2.75) is 19.1 Å². The molecule has 24 heavy (non-hydrogen) atoms. The maximum absolute atomic E-state index is 6.27. The summed E-state index contributed by atoms with van der Waals surface area (Å²) >= 11 is 6.27. The number of nitrogens with zero attached hydrogens (tertiary/aromatic N) is 1. The van der Waals surface area contributed by atoms with E-state index in [1.807, 2.05) is 12.1 Å². The molecule has 0 spiro atoms. The molecule has 0 radical (unpaired) electrons. The van der Waals surface area contributed by atoms with Crippen LogP contribution in [0.4, 0.5) is 0 Å². The van der Waals surface area contributed by atoms with E-state index in [1.165, 1.54) is 11.1 Å². The molecule has 0 amide bonds. The summed E-state index contributed by atoms with van der Waals surface area (Å²) in [5, 5.41) is 0.604. The molecule has 0 aromatic heterocycles. The lowest BCUT2D eigenvalue weighted by Gasteiger charge is -2.29. The molecule has 2 aliphatic rings. The van der Waals surface area contributed by atoms with E-state index in [-0.39, 0.29) is 12.9 Å². The Balaban J connectivity index is 1.46. The molecule has 5 heteroatoms. The van der Waals surface area contributed by atoms with Crippen molar-refractivity contribution < 1.29 is 14.2 Å². The first-order valence-electron chi connectivity index (χ1n) is 8.16. The van der Waals surface area contributed by atoms with E-state index in [2.05, 4.69) is 36.2 Å². The summed E-state index contributed by atoms with van der Waals surface area (Å²) in [6.07, 6.45) is 1.11. The molecule has 0 fully saturated rings. The number of rotatable bonds is 4. The SMILES string of the molecule is CN(Cc1cc(Cl)c2c(c1)OCO2)CC1OCCc2ccccc21. The van der Waals surface area contributed by atoms with E-state index in [9.17, 15) is 0 Å². The van der Waals surface area contributed by atoms with Gasteiger partial charge < -0.3 is 14.2 Å². The zero-order valence-corrected chi connectivity index (χ0v) is 14.4. The molecule has 0 bridgehead atoms. The summed E-state index contributed by atoms with van der Waals surface area (Å²) in [7, 11) is 2.10. The lowest BCUT2D eigenvalue weighted by Crippen LogP contribution is -2.29. The fraction of sp³-hybridized carbons (Fsp3) is 0.368. The van der Waals surface area contributed by atoms with Gasteiger partial charge in [-0.1, -0.05) is 35.9 Å². The number of hydrogen-bond acceptors (Lipinski definition) is 4. The largest absolute Gasteiger partial charge is 0.454 e. The molecule has 0 saturated heterocycles. The molecule has 2 aliphatic heterocycles. The Bertz CT molecular complexity index is 749. The van der Waals surface area contributed by atoms with Crippen molar-refractivity contribution in [3.8, 4) is 11.5 Å². The minimum Gasteiger partial charge on any atom is -0.454 e. The maximum Gasteiger partial charge on any atom is 0.231 e. The van der Waals surface area contributed by atoms with Gasteiger partial charge in [0.2, 0.25) is 6.79 Å². The summed E-state index contributed by atoms with van der Waals surface area (Å²) in [6, 6.07) is 12.5. The smallest absolute Gasteiger partial charge is 0.231 e. The number of halogens is 1. The highest BCUT2D eigenvalue weighted by Crippen LogP contribution is 2.40. The topological polar surface area (TPSA) is 30.9 Å². The molecular formula is C19H20ClNO3. The van der Waals surface area contributed by atoms with Crippen molar-refractivity contribution in [2.24, 2.45) is 0 Å². The number of fused-ring (bicyclic) bond motifs is 2. The molecule has 2 heterocycles. The van der Waals surface area contributed by atoms with Crippen LogP contribution >= 0.6 is 11.6 Å². The first-order valence-corrected chi connectivity index (χ1v) is 8.54. The van der Waals surface area contributed by atoms with Gasteiger partial charge in [0, 0.05) is 13.1 Å².